The van der Waals surface area contributed by atoms with Crippen molar-refractivity contribution in [2.75, 3.05) is 11.4 Å². The van der Waals surface area contributed by atoms with Crippen LogP contribution >= 0.6 is 0 Å². The molecule has 0 aliphatic heterocycles. The fourth-order valence-electron chi connectivity index (χ4n) is 2.62. The number of nitrogens with zero attached hydrogens (tertiary/aromatic N) is 1. The largest absolute Gasteiger partial charge is 0.326 e. The fourth-order valence-corrected chi connectivity index (χ4v) is 2.62. The van der Waals surface area contributed by atoms with E-state index in [1.165, 1.54) is 5.56 Å². The zero-order valence-electron chi connectivity index (χ0n) is 13.0. The first-order chi connectivity index (χ1) is 11.3. The average molecular weight is 300 g/mol. The molecule has 0 aliphatic rings. The van der Waals surface area contributed by atoms with Crippen LogP contribution in [0.3, 0.4) is 0 Å². The number of para-hydroxylation sites is 1. The summed E-state index contributed by atoms with van der Waals surface area (Å²) in [4.78, 5) is 2.07. The van der Waals surface area contributed by atoms with E-state index in [1.54, 1.807) is 0 Å². The maximum absolute atomic E-state index is 8.62. The number of nitrogens with one attached hydrogen (secondary N) is 1. The Bertz CT molecular complexity index is 737. The highest BCUT2D eigenvalue weighted by atomic mass is 15.2. The van der Waals surface area contributed by atoms with Crippen molar-refractivity contribution in [1.82, 2.24) is 0 Å². The van der Waals surface area contributed by atoms with Gasteiger partial charge in [0.1, 0.15) is 5.84 Å². The molecule has 0 saturated heterocycles. The van der Waals surface area contributed by atoms with E-state index in [1.807, 2.05) is 54.6 Å². The molecule has 0 atom stereocenters. The van der Waals surface area contributed by atoms with Crippen LogP contribution in [0.2, 0.25) is 0 Å². The third-order valence-corrected chi connectivity index (χ3v) is 3.85. The number of hydrogen-bond donors (Lipinski definition) is 1. The minimum absolute atomic E-state index is 0.535. The molecule has 2 nitrogen and oxygen atoms in total. The van der Waals surface area contributed by atoms with Gasteiger partial charge in [-0.25, -0.2) is 0 Å². The van der Waals surface area contributed by atoms with E-state index >= 15 is 0 Å². The summed E-state index contributed by atoms with van der Waals surface area (Å²) in [6.45, 7) is 0.780. The second kappa shape index (κ2) is 7.41. The zero-order valence-corrected chi connectivity index (χ0v) is 13.0. The maximum atomic E-state index is 8.62. The van der Waals surface area contributed by atoms with E-state index in [0.29, 0.717) is 5.84 Å². The van der Waals surface area contributed by atoms with E-state index in [0.717, 1.165) is 24.2 Å². The Morgan fingerprint density at radius 1 is 0.696 bits per heavy atom. The highest BCUT2D eigenvalue weighted by Gasteiger charge is 2.13. The van der Waals surface area contributed by atoms with Crippen molar-refractivity contribution in [2.45, 2.75) is 6.42 Å². The predicted molar refractivity (Wildman–Crippen MR) is 97.2 cm³/mol. The summed E-state index contributed by atoms with van der Waals surface area (Å²) in [6.07, 6.45) is 0.908. The van der Waals surface area contributed by atoms with E-state index in [-0.39, 0.29) is 0 Å². The second-order valence-electron chi connectivity index (χ2n) is 5.44. The summed E-state index contributed by atoms with van der Waals surface area (Å²) in [7, 11) is 0. The van der Waals surface area contributed by atoms with Crippen molar-refractivity contribution in [3.05, 3.63) is 102 Å². The Morgan fingerprint density at radius 3 is 1.83 bits per heavy atom. The third-order valence-electron chi connectivity index (χ3n) is 3.85. The van der Waals surface area contributed by atoms with Crippen molar-refractivity contribution in [1.29, 1.82) is 5.41 Å². The molecule has 0 radical (unpaired) electrons. The molecule has 0 unspecified atom stereocenters. The lowest BCUT2D eigenvalue weighted by Crippen LogP contribution is -2.32. The molecule has 0 fully saturated rings. The Hall–Kier alpha value is -2.87. The van der Waals surface area contributed by atoms with Crippen LogP contribution in [0.15, 0.2) is 91.0 Å². The van der Waals surface area contributed by atoms with Crippen LogP contribution in [0.5, 0.6) is 0 Å². The van der Waals surface area contributed by atoms with Gasteiger partial charge in [0, 0.05) is 17.8 Å². The zero-order chi connectivity index (χ0) is 15.9. The van der Waals surface area contributed by atoms with Crippen LogP contribution < -0.4 is 4.90 Å². The highest BCUT2D eigenvalue weighted by molar-refractivity contribution is 6.07. The average Bonchev–Trinajstić information content (AvgIpc) is 2.64. The van der Waals surface area contributed by atoms with Crippen LogP contribution in [-0.2, 0) is 6.42 Å². The summed E-state index contributed by atoms with van der Waals surface area (Å²) in [5.41, 5.74) is 3.27. The van der Waals surface area contributed by atoms with E-state index in [9.17, 15) is 0 Å². The van der Waals surface area contributed by atoms with Gasteiger partial charge in [-0.3, -0.25) is 5.41 Å². The number of anilines is 1. The van der Waals surface area contributed by atoms with Crippen molar-refractivity contribution in [3.63, 3.8) is 0 Å². The van der Waals surface area contributed by atoms with Gasteiger partial charge in [0.2, 0.25) is 0 Å². The quantitative estimate of drug-likeness (QED) is 0.534. The SMILES string of the molecule is N=C(c1ccccc1)N(CCc1ccccc1)c1ccccc1. The summed E-state index contributed by atoms with van der Waals surface area (Å²) in [6, 6.07) is 30.5. The molecule has 0 saturated carbocycles. The van der Waals surface area contributed by atoms with Gasteiger partial charge in [0.15, 0.2) is 0 Å². The molecule has 0 bridgehead atoms. The molecule has 0 aliphatic carbocycles. The maximum Gasteiger partial charge on any atom is 0.132 e. The van der Waals surface area contributed by atoms with Crippen molar-refractivity contribution in [3.8, 4) is 0 Å². The number of rotatable bonds is 5. The minimum atomic E-state index is 0.535. The monoisotopic (exact) mass is 300 g/mol. The lowest BCUT2D eigenvalue weighted by atomic mass is 10.1. The molecular formula is C21H20N2. The molecule has 1 N–H and O–H groups in total. The van der Waals surface area contributed by atoms with Crippen LogP contribution in [0.25, 0.3) is 0 Å². The van der Waals surface area contributed by atoms with Crippen molar-refractivity contribution >= 4 is 11.5 Å². The highest BCUT2D eigenvalue weighted by Crippen LogP contribution is 2.17. The van der Waals surface area contributed by atoms with Gasteiger partial charge < -0.3 is 4.90 Å². The molecular weight excluding hydrogens is 280 g/mol. The Kier molecular flexibility index (Phi) is 4.85. The van der Waals surface area contributed by atoms with Crippen LogP contribution in [0, 0.1) is 5.41 Å². The van der Waals surface area contributed by atoms with E-state index < -0.39 is 0 Å². The first-order valence-corrected chi connectivity index (χ1v) is 7.85. The third kappa shape index (κ3) is 3.86. The van der Waals surface area contributed by atoms with Crippen molar-refractivity contribution in [2.24, 2.45) is 0 Å². The van der Waals surface area contributed by atoms with Gasteiger partial charge in [-0.15, -0.1) is 0 Å². The predicted octanol–water partition coefficient (Wildman–Crippen LogP) is 4.76. The molecule has 3 rings (SSSR count). The normalized spacial score (nSPS) is 10.3. The molecule has 23 heavy (non-hydrogen) atoms. The number of hydrogen-bond acceptors (Lipinski definition) is 1. The molecule has 114 valence electrons. The standard InChI is InChI=1S/C21H20N2/c22-21(19-12-6-2-7-13-19)23(20-14-8-3-9-15-20)17-16-18-10-4-1-5-11-18/h1-15,22H,16-17H2. The smallest absolute Gasteiger partial charge is 0.132 e. The Balaban J connectivity index is 1.84. The first-order valence-electron chi connectivity index (χ1n) is 7.85. The minimum Gasteiger partial charge on any atom is -0.326 e. The van der Waals surface area contributed by atoms with E-state index in [4.69, 9.17) is 5.41 Å². The number of amidine groups is 1. The van der Waals surface area contributed by atoms with Gasteiger partial charge in [-0.05, 0) is 24.1 Å². The summed E-state index contributed by atoms with van der Waals surface area (Å²) < 4.78 is 0. The lowest BCUT2D eigenvalue weighted by molar-refractivity contribution is 0.929. The summed E-state index contributed by atoms with van der Waals surface area (Å²) in [5, 5.41) is 8.62. The molecule has 0 heterocycles. The molecule has 3 aromatic rings. The van der Waals surface area contributed by atoms with Gasteiger partial charge in [-0.2, -0.15) is 0 Å². The molecule has 0 spiro atoms. The summed E-state index contributed by atoms with van der Waals surface area (Å²) >= 11 is 0. The molecule has 0 amide bonds. The molecule has 3 aromatic carbocycles. The van der Waals surface area contributed by atoms with Gasteiger partial charge in [0.05, 0.1) is 0 Å². The Morgan fingerprint density at radius 2 is 1.22 bits per heavy atom. The Labute approximate surface area is 137 Å². The topological polar surface area (TPSA) is 27.1 Å². The van der Waals surface area contributed by atoms with Crippen molar-refractivity contribution < 1.29 is 0 Å². The van der Waals surface area contributed by atoms with Crippen LogP contribution in [0.1, 0.15) is 11.1 Å². The molecule has 2 heteroatoms. The first kappa shape index (κ1) is 15.0. The van der Waals surface area contributed by atoms with E-state index in [2.05, 4.69) is 41.3 Å². The second-order valence-corrected chi connectivity index (χ2v) is 5.44. The van der Waals surface area contributed by atoms with Gasteiger partial charge >= 0.3 is 0 Å². The lowest BCUT2D eigenvalue weighted by Gasteiger charge is -2.25. The summed E-state index contributed by atoms with van der Waals surface area (Å²) in [5.74, 6) is 0.535. The van der Waals surface area contributed by atoms with Crippen LogP contribution in [0.4, 0.5) is 5.69 Å². The fraction of sp³-hybridized carbons (Fsp3) is 0.0952. The van der Waals surface area contributed by atoms with Crippen LogP contribution in [-0.4, -0.2) is 12.4 Å². The number of benzene rings is 3. The van der Waals surface area contributed by atoms with Gasteiger partial charge in [-0.1, -0.05) is 78.9 Å². The van der Waals surface area contributed by atoms with Gasteiger partial charge in [0.25, 0.3) is 0 Å². The molecule has 0 aromatic heterocycles.